The van der Waals surface area contributed by atoms with Crippen LogP contribution in [-0.2, 0) is 0 Å². The Morgan fingerprint density at radius 3 is 2.52 bits per heavy atom. The van der Waals surface area contributed by atoms with Crippen LogP contribution >= 0.6 is 22.9 Å². The van der Waals surface area contributed by atoms with Crippen LogP contribution in [0.1, 0.15) is 0 Å². The van der Waals surface area contributed by atoms with Gasteiger partial charge in [0.15, 0.2) is 0 Å². The number of nitro benzene ring substituents is 1. The van der Waals surface area contributed by atoms with E-state index in [1.165, 1.54) is 23.5 Å². The number of non-ortho nitro benzene ring substituents is 1. The molecule has 0 atom stereocenters. The van der Waals surface area contributed by atoms with Gasteiger partial charge in [0.05, 0.1) is 31.7 Å². The smallest absolute Gasteiger partial charge is 0.269 e. The van der Waals surface area contributed by atoms with E-state index in [9.17, 15) is 10.1 Å². The van der Waals surface area contributed by atoms with E-state index in [-0.39, 0.29) is 5.69 Å². The predicted octanol–water partition coefficient (Wildman–Crippen LogP) is 3.74. The van der Waals surface area contributed by atoms with Crippen LogP contribution in [0, 0.1) is 10.1 Å². The van der Waals surface area contributed by atoms with Crippen molar-refractivity contribution in [2.45, 2.75) is 0 Å². The molecule has 1 aromatic carbocycles. The standard InChI is InChI=1S/C13H9ClN4O2S/c14-12-6-5-11(21-12)13-10(15)7-17(16-13)8-1-3-9(4-2-8)18(19)20/h1-7H,15H2. The van der Waals surface area contributed by atoms with Crippen LogP contribution in [0.3, 0.4) is 0 Å². The van der Waals surface area contributed by atoms with Crippen molar-refractivity contribution in [3.63, 3.8) is 0 Å². The molecule has 0 saturated heterocycles. The number of anilines is 1. The van der Waals surface area contributed by atoms with Gasteiger partial charge in [-0.25, -0.2) is 4.68 Å². The number of benzene rings is 1. The van der Waals surface area contributed by atoms with Gasteiger partial charge in [0.1, 0.15) is 5.69 Å². The summed E-state index contributed by atoms with van der Waals surface area (Å²) in [4.78, 5) is 11.1. The number of halogens is 1. The Bertz CT molecular complexity index is 810. The highest BCUT2D eigenvalue weighted by Crippen LogP contribution is 2.33. The van der Waals surface area contributed by atoms with Crippen LogP contribution in [0.15, 0.2) is 42.6 Å². The van der Waals surface area contributed by atoms with Crippen molar-refractivity contribution in [2.24, 2.45) is 0 Å². The quantitative estimate of drug-likeness (QED) is 0.588. The van der Waals surface area contributed by atoms with Crippen molar-refractivity contribution < 1.29 is 4.92 Å². The summed E-state index contributed by atoms with van der Waals surface area (Å²) in [6, 6.07) is 9.73. The summed E-state index contributed by atoms with van der Waals surface area (Å²) < 4.78 is 2.25. The Hall–Kier alpha value is -2.38. The number of hydrogen-bond acceptors (Lipinski definition) is 5. The Morgan fingerprint density at radius 2 is 1.95 bits per heavy atom. The molecular weight excluding hydrogens is 312 g/mol. The highest BCUT2D eigenvalue weighted by Gasteiger charge is 2.12. The maximum Gasteiger partial charge on any atom is 0.269 e. The molecule has 2 aromatic heterocycles. The van der Waals surface area contributed by atoms with Gasteiger partial charge in [-0.05, 0) is 24.3 Å². The summed E-state index contributed by atoms with van der Waals surface area (Å²) in [6.07, 6.45) is 1.67. The second-order valence-corrected chi connectivity index (χ2v) is 5.97. The average Bonchev–Trinajstić information content (AvgIpc) is 3.05. The summed E-state index contributed by atoms with van der Waals surface area (Å²) in [5.41, 5.74) is 7.86. The van der Waals surface area contributed by atoms with Crippen molar-refractivity contribution in [2.75, 3.05) is 5.73 Å². The average molecular weight is 321 g/mol. The van der Waals surface area contributed by atoms with Gasteiger partial charge in [-0.2, -0.15) is 5.10 Å². The minimum atomic E-state index is -0.444. The first-order chi connectivity index (χ1) is 10.0. The second kappa shape index (κ2) is 5.19. The number of rotatable bonds is 3. The third-order valence-corrected chi connectivity index (χ3v) is 4.11. The first-order valence-corrected chi connectivity index (χ1v) is 7.10. The van der Waals surface area contributed by atoms with E-state index >= 15 is 0 Å². The molecule has 106 valence electrons. The van der Waals surface area contributed by atoms with E-state index in [1.807, 2.05) is 6.07 Å². The Balaban J connectivity index is 1.98. The second-order valence-electron chi connectivity index (χ2n) is 4.25. The molecule has 0 aliphatic carbocycles. The summed E-state index contributed by atoms with van der Waals surface area (Å²) in [6.45, 7) is 0. The minimum Gasteiger partial charge on any atom is -0.396 e. The Morgan fingerprint density at radius 1 is 1.24 bits per heavy atom. The van der Waals surface area contributed by atoms with Crippen molar-refractivity contribution in [3.8, 4) is 16.3 Å². The van der Waals surface area contributed by atoms with Crippen molar-refractivity contribution >= 4 is 34.3 Å². The van der Waals surface area contributed by atoms with E-state index in [2.05, 4.69) is 5.10 Å². The lowest BCUT2D eigenvalue weighted by atomic mass is 10.3. The molecule has 0 bridgehead atoms. The molecule has 0 aliphatic heterocycles. The van der Waals surface area contributed by atoms with Crippen molar-refractivity contribution in [1.29, 1.82) is 0 Å². The first-order valence-electron chi connectivity index (χ1n) is 5.90. The molecule has 3 rings (SSSR count). The zero-order valence-corrected chi connectivity index (χ0v) is 12.1. The molecule has 0 saturated carbocycles. The van der Waals surface area contributed by atoms with E-state index in [4.69, 9.17) is 17.3 Å². The van der Waals surface area contributed by atoms with Crippen LogP contribution in [0.5, 0.6) is 0 Å². The number of hydrogen-bond donors (Lipinski definition) is 1. The van der Waals surface area contributed by atoms with E-state index < -0.39 is 4.92 Å². The Labute approximate surface area is 128 Å². The SMILES string of the molecule is Nc1cn(-c2ccc([N+](=O)[O-])cc2)nc1-c1ccc(Cl)s1. The summed E-state index contributed by atoms with van der Waals surface area (Å²) in [5.74, 6) is 0. The van der Waals surface area contributed by atoms with Crippen molar-refractivity contribution in [1.82, 2.24) is 9.78 Å². The van der Waals surface area contributed by atoms with E-state index in [0.717, 1.165) is 4.88 Å². The number of nitro groups is 1. The molecular formula is C13H9ClN4O2S. The van der Waals surface area contributed by atoms with Crippen molar-refractivity contribution in [3.05, 3.63) is 57.0 Å². The summed E-state index contributed by atoms with van der Waals surface area (Å²) in [7, 11) is 0. The van der Waals surface area contributed by atoms with Gasteiger partial charge in [-0.3, -0.25) is 10.1 Å². The highest BCUT2D eigenvalue weighted by atomic mass is 35.5. The maximum absolute atomic E-state index is 10.6. The van der Waals surface area contributed by atoms with Crippen LogP contribution < -0.4 is 5.73 Å². The fourth-order valence-electron chi connectivity index (χ4n) is 1.88. The predicted molar refractivity (Wildman–Crippen MR) is 83.0 cm³/mol. The zero-order valence-electron chi connectivity index (χ0n) is 10.6. The third-order valence-electron chi connectivity index (χ3n) is 2.87. The molecule has 0 spiro atoms. The minimum absolute atomic E-state index is 0.0316. The van der Waals surface area contributed by atoms with Gasteiger partial charge < -0.3 is 5.73 Å². The monoisotopic (exact) mass is 320 g/mol. The third kappa shape index (κ3) is 2.61. The molecule has 8 heteroatoms. The number of nitrogens with zero attached hydrogens (tertiary/aromatic N) is 3. The lowest BCUT2D eigenvalue weighted by molar-refractivity contribution is -0.384. The van der Waals surface area contributed by atoms with Gasteiger partial charge >= 0.3 is 0 Å². The first kappa shape index (κ1) is 13.6. The number of nitrogens with two attached hydrogens (primary N) is 1. The molecule has 6 nitrogen and oxygen atoms in total. The number of aromatic nitrogens is 2. The number of nitrogen functional groups attached to an aromatic ring is 1. The van der Waals surface area contributed by atoms with Crippen LogP contribution in [0.2, 0.25) is 4.34 Å². The molecule has 0 radical (unpaired) electrons. The molecule has 21 heavy (non-hydrogen) atoms. The van der Waals surface area contributed by atoms with Gasteiger partial charge in [-0.1, -0.05) is 11.6 Å². The Kier molecular flexibility index (Phi) is 3.36. The zero-order chi connectivity index (χ0) is 15.0. The summed E-state index contributed by atoms with van der Waals surface area (Å²) >= 11 is 7.30. The largest absolute Gasteiger partial charge is 0.396 e. The van der Waals surface area contributed by atoms with E-state index in [1.54, 1.807) is 29.1 Å². The van der Waals surface area contributed by atoms with E-state index in [0.29, 0.717) is 21.4 Å². The normalized spacial score (nSPS) is 10.7. The van der Waals surface area contributed by atoms with Crippen LogP contribution in [-0.4, -0.2) is 14.7 Å². The van der Waals surface area contributed by atoms with Gasteiger partial charge in [0, 0.05) is 12.1 Å². The lowest BCUT2D eigenvalue weighted by Gasteiger charge is -2.00. The summed E-state index contributed by atoms with van der Waals surface area (Å²) in [5, 5.41) is 15.1. The fourth-order valence-corrected chi connectivity index (χ4v) is 2.93. The number of thiophene rings is 1. The topological polar surface area (TPSA) is 87.0 Å². The molecule has 0 unspecified atom stereocenters. The van der Waals surface area contributed by atoms with Crippen LogP contribution in [0.25, 0.3) is 16.3 Å². The van der Waals surface area contributed by atoms with Crippen LogP contribution in [0.4, 0.5) is 11.4 Å². The van der Waals surface area contributed by atoms with Gasteiger partial charge in [0.25, 0.3) is 5.69 Å². The molecule has 0 fully saturated rings. The molecule has 0 amide bonds. The fraction of sp³-hybridized carbons (Fsp3) is 0. The lowest BCUT2D eigenvalue weighted by Crippen LogP contribution is -1.95. The molecule has 2 heterocycles. The maximum atomic E-state index is 10.6. The molecule has 0 aliphatic rings. The highest BCUT2D eigenvalue weighted by molar-refractivity contribution is 7.19. The molecule has 3 aromatic rings. The van der Waals surface area contributed by atoms with Gasteiger partial charge in [-0.15, -0.1) is 11.3 Å². The molecule has 2 N–H and O–H groups in total. The van der Waals surface area contributed by atoms with Gasteiger partial charge in [0.2, 0.25) is 0 Å².